The summed E-state index contributed by atoms with van der Waals surface area (Å²) >= 11 is -5.53. The molecule has 2 aliphatic carbocycles. The van der Waals surface area contributed by atoms with E-state index in [2.05, 4.69) is 165 Å². The molecular formula is C41H44Cl2Hf. The van der Waals surface area contributed by atoms with E-state index in [4.69, 9.17) is 17.2 Å². The van der Waals surface area contributed by atoms with Gasteiger partial charge in [-0.15, -0.1) is 0 Å². The molecule has 2 aliphatic rings. The topological polar surface area (TPSA) is 0 Å². The Morgan fingerprint density at radius 2 is 0.955 bits per heavy atom. The van der Waals surface area contributed by atoms with E-state index in [0.717, 1.165) is 14.4 Å². The second-order valence-electron chi connectivity index (χ2n) is 15.1. The molecule has 0 atom stereocenters. The second-order valence-corrected chi connectivity index (χ2v) is 44.6. The Labute approximate surface area is 272 Å². The number of halogens is 2. The van der Waals surface area contributed by atoms with Crippen LogP contribution < -0.4 is 0 Å². The first-order valence-electron chi connectivity index (χ1n) is 15.8. The summed E-state index contributed by atoms with van der Waals surface area (Å²) in [4.78, 5) is 0. The second kappa shape index (κ2) is 10.9. The van der Waals surface area contributed by atoms with Gasteiger partial charge in [0, 0.05) is 0 Å². The van der Waals surface area contributed by atoms with Gasteiger partial charge < -0.3 is 0 Å². The van der Waals surface area contributed by atoms with E-state index in [-0.39, 0.29) is 18.2 Å². The molecule has 0 saturated carbocycles. The van der Waals surface area contributed by atoms with Crippen molar-refractivity contribution < 1.29 is 15.7 Å². The Morgan fingerprint density at radius 1 is 0.568 bits per heavy atom. The van der Waals surface area contributed by atoms with Crippen molar-refractivity contribution in [1.82, 2.24) is 0 Å². The van der Waals surface area contributed by atoms with Crippen LogP contribution in [0, 0.1) is 13.8 Å². The van der Waals surface area contributed by atoms with E-state index >= 15 is 0 Å². The molecule has 0 spiro atoms. The summed E-state index contributed by atoms with van der Waals surface area (Å²) in [5, 5.41) is 0. The molecule has 226 valence electrons. The van der Waals surface area contributed by atoms with Crippen molar-refractivity contribution in [2.24, 2.45) is 0 Å². The Kier molecular flexibility index (Phi) is 7.84. The van der Waals surface area contributed by atoms with Gasteiger partial charge in [-0.2, -0.15) is 0 Å². The van der Waals surface area contributed by atoms with Crippen molar-refractivity contribution in [3.05, 3.63) is 154 Å². The average molecular weight is 786 g/mol. The van der Waals surface area contributed by atoms with E-state index in [1.807, 2.05) is 0 Å². The maximum absolute atomic E-state index is 8.76. The number of aryl methyl sites for hydroxylation is 2. The van der Waals surface area contributed by atoms with Crippen LogP contribution in [-0.2, 0) is 26.5 Å². The predicted molar refractivity (Wildman–Crippen MR) is 190 cm³/mol. The van der Waals surface area contributed by atoms with E-state index in [1.54, 1.807) is 0 Å². The predicted octanol–water partition coefficient (Wildman–Crippen LogP) is 12.1. The summed E-state index contributed by atoms with van der Waals surface area (Å²) in [6.45, 7) is 18.0. The molecule has 0 unspecified atom stereocenters. The molecule has 0 saturated heterocycles. The van der Waals surface area contributed by atoms with E-state index in [1.165, 1.54) is 44.5 Å². The quantitative estimate of drug-likeness (QED) is 0.181. The molecule has 0 nitrogen and oxygen atoms in total. The van der Waals surface area contributed by atoms with Crippen LogP contribution in [-0.4, -0.2) is 3.26 Å². The monoisotopic (exact) mass is 786 g/mol. The molecular weight excluding hydrogens is 742 g/mol. The molecule has 0 N–H and O–H groups in total. The van der Waals surface area contributed by atoms with Crippen molar-refractivity contribution in [3.8, 4) is 11.1 Å². The van der Waals surface area contributed by atoms with Gasteiger partial charge in [0.05, 0.1) is 0 Å². The number of rotatable bonds is 4. The normalized spacial score (nSPS) is 15.5. The van der Waals surface area contributed by atoms with Crippen LogP contribution in [0.5, 0.6) is 0 Å². The molecule has 44 heavy (non-hydrogen) atoms. The zero-order chi connectivity index (χ0) is 31.7. The minimum atomic E-state index is -5.53. The number of hydrogen-bond donors (Lipinski definition) is 0. The molecule has 0 bridgehead atoms. The van der Waals surface area contributed by atoms with Crippen LogP contribution in [0.3, 0.4) is 0 Å². The van der Waals surface area contributed by atoms with Crippen molar-refractivity contribution in [2.75, 3.05) is 0 Å². The van der Waals surface area contributed by atoms with Crippen LogP contribution in [0.15, 0.2) is 109 Å². The third-order valence-corrected chi connectivity index (χ3v) is 37.9. The van der Waals surface area contributed by atoms with Gasteiger partial charge >= 0.3 is 274 Å². The average Bonchev–Trinajstić information content (AvgIpc) is 3.62. The van der Waals surface area contributed by atoms with Gasteiger partial charge in [-0.05, 0) is 0 Å². The molecule has 0 aromatic heterocycles. The van der Waals surface area contributed by atoms with Crippen molar-refractivity contribution in [1.29, 1.82) is 0 Å². The van der Waals surface area contributed by atoms with Gasteiger partial charge in [0.2, 0.25) is 0 Å². The molecule has 0 radical (unpaired) electrons. The zero-order valence-electron chi connectivity index (χ0n) is 27.3. The van der Waals surface area contributed by atoms with Crippen LogP contribution >= 0.6 is 17.2 Å². The Bertz CT molecular complexity index is 1760. The fraction of sp³-hybridized carbons (Fsp3) is 0.293. The van der Waals surface area contributed by atoms with Gasteiger partial charge in [0.15, 0.2) is 0 Å². The minimum absolute atomic E-state index is 0.0103. The third-order valence-electron chi connectivity index (χ3n) is 9.79. The maximum atomic E-state index is 8.76. The molecule has 6 rings (SSSR count). The van der Waals surface area contributed by atoms with Gasteiger partial charge in [-0.3, -0.25) is 0 Å². The molecule has 4 aromatic rings. The van der Waals surface area contributed by atoms with Crippen LogP contribution in [0.1, 0.15) is 89.7 Å². The summed E-state index contributed by atoms with van der Waals surface area (Å²) in [6.07, 6.45) is 8.83. The first kappa shape index (κ1) is 31.7. The number of hydrogen-bond acceptors (Lipinski definition) is 0. The van der Waals surface area contributed by atoms with Gasteiger partial charge in [0.1, 0.15) is 0 Å². The van der Waals surface area contributed by atoms with E-state index in [0.29, 0.717) is 0 Å². The van der Waals surface area contributed by atoms with Crippen molar-refractivity contribution >= 4 is 20.4 Å². The van der Waals surface area contributed by atoms with E-state index in [9.17, 15) is 0 Å². The van der Waals surface area contributed by atoms with Crippen LogP contribution in [0.2, 0.25) is 3.67 Å². The zero-order valence-corrected chi connectivity index (χ0v) is 32.4. The molecule has 0 fully saturated rings. The van der Waals surface area contributed by atoms with Crippen molar-refractivity contribution in [2.45, 2.75) is 73.6 Å². The number of allylic oxidation sites excluding steroid dienone is 4. The molecule has 0 amide bonds. The van der Waals surface area contributed by atoms with E-state index < -0.39 is 15.7 Å². The van der Waals surface area contributed by atoms with Gasteiger partial charge in [-0.1, -0.05) is 0 Å². The first-order chi connectivity index (χ1) is 20.6. The van der Waals surface area contributed by atoms with Crippen LogP contribution in [0.4, 0.5) is 0 Å². The summed E-state index contributed by atoms with van der Waals surface area (Å²) in [7, 11) is 17.5. The fourth-order valence-corrected chi connectivity index (χ4v) is 34.9. The third kappa shape index (κ3) is 5.22. The Hall–Kier alpha value is -2.32. The fourth-order valence-electron chi connectivity index (χ4n) is 7.21. The summed E-state index contributed by atoms with van der Waals surface area (Å²) < 4.78 is 0.964. The Morgan fingerprint density at radius 3 is 1.32 bits per heavy atom. The molecule has 3 heteroatoms. The Balaban J connectivity index is 1.84. The summed E-state index contributed by atoms with van der Waals surface area (Å²) in [5.41, 5.74) is 12.4. The molecule has 0 heterocycles. The molecule has 4 aromatic carbocycles. The van der Waals surface area contributed by atoms with Crippen molar-refractivity contribution in [3.63, 3.8) is 0 Å². The first-order valence-corrected chi connectivity index (χ1v) is 30.7. The van der Waals surface area contributed by atoms with Gasteiger partial charge in [0.25, 0.3) is 0 Å². The number of fused-ring (bicyclic) bond motifs is 3. The molecule has 0 aliphatic heterocycles. The van der Waals surface area contributed by atoms with Gasteiger partial charge in [-0.25, -0.2) is 0 Å². The number of benzene rings is 4. The SMILES string of the molecule is Cc1ccc([C](c2ccc(C)cc2)=[Hf]([Cl])([Cl])([CH]2C=CC=C2)[CH]2c3cc(C(C)(C)C)ccc3-c3ccc(C(C)(C)C)cc32)cc1. The summed E-state index contributed by atoms with van der Waals surface area (Å²) in [5.74, 6) is 0. The van der Waals surface area contributed by atoms with Crippen LogP contribution in [0.25, 0.3) is 11.1 Å². The summed E-state index contributed by atoms with van der Waals surface area (Å²) in [6, 6.07) is 31.9. The standard InChI is InChI=1S/C21H25.C15H14.C5H5.2ClH.Hf/c1-20(2,3)16-7-9-18-14(12-16)11-15-13-17(21(4,5)6)8-10-19(15)18;1-12-3-7-14(8-4-12)11-15-9-5-13(2)6-10-15;1-2-4-5-3-1;;;/h7-13H,1-6H3;3-10H,1-2H3;1-5H;2*1H;/q;;;;;+2/p-2.